The number of hydrogen-bond acceptors (Lipinski definition) is 4. The van der Waals surface area contributed by atoms with Gasteiger partial charge in [-0.1, -0.05) is 0 Å². The summed E-state index contributed by atoms with van der Waals surface area (Å²) in [6, 6.07) is 6.68. The van der Waals surface area contributed by atoms with Gasteiger partial charge in [0.1, 0.15) is 11.6 Å². The van der Waals surface area contributed by atoms with E-state index in [1.807, 2.05) is 13.8 Å². The summed E-state index contributed by atoms with van der Waals surface area (Å²) in [6.45, 7) is 4.09. The van der Waals surface area contributed by atoms with Crippen molar-refractivity contribution >= 4 is 10.0 Å². The van der Waals surface area contributed by atoms with Crippen molar-refractivity contribution in [1.29, 1.82) is 0 Å². The number of sulfonamides is 1. The van der Waals surface area contributed by atoms with Crippen molar-refractivity contribution < 1.29 is 12.8 Å². The fourth-order valence-electron chi connectivity index (χ4n) is 2.99. The van der Waals surface area contributed by atoms with Crippen LogP contribution in [0.25, 0.3) is 0 Å². The van der Waals surface area contributed by atoms with E-state index in [0.717, 1.165) is 24.2 Å². The highest BCUT2D eigenvalue weighted by molar-refractivity contribution is 7.89. The molecule has 0 saturated carbocycles. The number of aromatic nitrogens is 2. The van der Waals surface area contributed by atoms with Crippen LogP contribution in [0.1, 0.15) is 31.3 Å². The Balaban J connectivity index is 2.05. The first kappa shape index (κ1) is 16.0. The summed E-state index contributed by atoms with van der Waals surface area (Å²) in [5.74, 6) is 0.0378. The van der Waals surface area contributed by atoms with Crippen LogP contribution in [0.4, 0.5) is 4.39 Å². The summed E-state index contributed by atoms with van der Waals surface area (Å²) < 4.78 is 40.5. The molecule has 0 amide bonds. The molecule has 0 aliphatic carbocycles. The van der Waals surface area contributed by atoms with Gasteiger partial charge in [-0.3, -0.25) is 0 Å². The van der Waals surface area contributed by atoms with Crippen molar-refractivity contribution in [1.82, 2.24) is 14.3 Å². The van der Waals surface area contributed by atoms with Gasteiger partial charge in [0.25, 0.3) is 0 Å². The molecule has 1 atom stereocenters. The first-order chi connectivity index (χ1) is 10.8. The Kier molecular flexibility index (Phi) is 3.93. The molecular weight excluding hydrogens is 317 g/mol. The second-order valence-corrected chi connectivity index (χ2v) is 7.79. The molecule has 0 radical (unpaired) electrons. The monoisotopic (exact) mass is 335 g/mol. The predicted octanol–water partition coefficient (Wildman–Crippen LogP) is 2.62. The number of halogens is 1. The standard InChI is InChI=1S/C16H18FN3O2S/c1-12-8-10-18-15(19-12)16(2)9-3-11-20(16)23(21,22)14-6-4-13(17)5-7-14/h4-8,10H,3,9,11H2,1-2H3/t16-/m1/s1. The Bertz CT molecular complexity index is 823. The highest BCUT2D eigenvalue weighted by Crippen LogP contribution is 2.40. The molecule has 7 heteroatoms. The molecular formula is C16H18FN3O2S. The molecule has 0 N–H and O–H groups in total. The molecule has 1 saturated heterocycles. The highest BCUT2D eigenvalue weighted by Gasteiger charge is 2.47. The van der Waals surface area contributed by atoms with E-state index in [9.17, 15) is 12.8 Å². The van der Waals surface area contributed by atoms with Gasteiger partial charge in [0.2, 0.25) is 10.0 Å². The number of benzene rings is 1. The quantitative estimate of drug-likeness (QED) is 0.865. The van der Waals surface area contributed by atoms with Gasteiger partial charge in [-0.05, 0) is 57.0 Å². The summed E-state index contributed by atoms with van der Waals surface area (Å²) in [5, 5.41) is 0. The van der Waals surface area contributed by atoms with Crippen molar-refractivity contribution in [2.24, 2.45) is 0 Å². The van der Waals surface area contributed by atoms with Crippen molar-refractivity contribution in [3.05, 3.63) is 53.9 Å². The van der Waals surface area contributed by atoms with Gasteiger partial charge in [0, 0.05) is 18.4 Å². The van der Waals surface area contributed by atoms with Crippen LogP contribution in [-0.2, 0) is 15.6 Å². The van der Waals surface area contributed by atoms with E-state index in [4.69, 9.17) is 0 Å². The minimum absolute atomic E-state index is 0.0830. The Labute approximate surface area is 135 Å². The molecule has 5 nitrogen and oxygen atoms in total. The fraction of sp³-hybridized carbons (Fsp3) is 0.375. The summed E-state index contributed by atoms with van der Waals surface area (Å²) in [4.78, 5) is 8.79. The second kappa shape index (κ2) is 5.65. The van der Waals surface area contributed by atoms with Crippen LogP contribution in [0.3, 0.4) is 0 Å². The van der Waals surface area contributed by atoms with Gasteiger partial charge in [-0.25, -0.2) is 22.8 Å². The Morgan fingerprint density at radius 2 is 1.91 bits per heavy atom. The van der Waals surface area contributed by atoms with Crippen LogP contribution < -0.4 is 0 Å². The molecule has 0 bridgehead atoms. The van der Waals surface area contributed by atoms with Crippen LogP contribution in [-0.4, -0.2) is 29.2 Å². The maximum Gasteiger partial charge on any atom is 0.243 e. The molecule has 1 fully saturated rings. The summed E-state index contributed by atoms with van der Waals surface area (Å²) in [7, 11) is -3.74. The van der Waals surface area contributed by atoms with E-state index >= 15 is 0 Å². The molecule has 2 aromatic rings. The molecule has 1 aromatic heterocycles. The average molecular weight is 335 g/mol. The third-order valence-electron chi connectivity index (χ3n) is 4.25. The van der Waals surface area contributed by atoms with Crippen LogP contribution in [0, 0.1) is 12.7 Å². The normalized spacial score (nSPS) is 22.4. The van der Waals surface area contributed by atoms with Crippen molar-refractivity contribution in [2.45, 2.75) is 37.1 Å². The van der Waals surface area contributed by atoms with E-state index < -0.39 is 21.4 Å². The number of hydrogen-bond donors (Lipinski definition) is 0. The molecule has 0 spiro atoms. The lowest BCUT2D eigenvalue weighted by Gasteiger charge is -2.33. The predicted molar refractivity (Wildman–Crippen MR) is 83.6 cm³/mol. The van der Waals surface area contributed by atoms with Crippen LogP contribution in [0.5, 0.6) is 0 Å². The van der Waals surface area contributed by atoms with Crippen LogP contribution in [0.2, 0.25) is 0 Å². The second-order valence-electron chi connectivity index (χ2n) is 5.93. The lowest BCUT2D eigenvalue weighted by atomic mass is 9.99. The number of aryl methyl sites for hydroxylation is 1. The van der Waals surface area contributed by atoms with Gasteiger partial charge in [-0.15, -0.1) is 0 Å². The lowest BCUT2D eigenvalue weighted by molar-refractivity contribution is 0.254. The van der Waals surface area contributed by atoms with Gasteiger partial charge in [0.15, 0.2) is 0 Å². The molecule has 1 aliphatic heterocycles. The van der Waals surface area contributed by atoms with Crippen LogP contribution in [0.15, 0.2) is 41.4 Å². The zero-order valence-corrected chi connectivity index (χ0v) is 13.8. The molecule has 0 unspecified atom stereocenters. The summed E-state index contributed by atoms with van der Waals surface area (Å²) >= 11 is 0. The lowest BCUT2D eigenvalue weighted by Crippen LogP contribution is -2.44. The van der Waals surface area contributed by atoms with Gasteiger partial charge < -0.3 is 0 Å². The first-order valence-electron chi connectivity index (χ1n) is 7.42. The fourth-order valence-corrected chi connectivity index (χ4v) is 4.80. The van der Waals surface area contributed by atoms with E-state index in [-0.39, 0.29) is 4.90 Å². The number of nitrogens with zero attached hydrogens (tertiary/aromatic N) is 3. The molecule has 1 aromatic carbocycles. The zero-order valence-electron chi connectivity index (χ0n) is 13.0. The van der Waals surface area contributed by atoms with Gasteiger partial charge in [0.05, 0.1) is 10.4 Å². The SMILES string of the molecule is Cc1ccnc([C@@]2(C)CCCN2S(=O)(=O)c2ccc(F)cc2)n1. The Hall–Kier alpha value is -1.86. The highest BCUT2D eigenvalue weighted by atomic mass is 32.2. The third kappa shape index (κ3) is 2.74. The van der Waals surface area contributed by atoms with Crippen molar-refractivity contribution in [2.75, 3.05) is 6.54 Å². The molecule has 2 heterocycles. The van der Waals surface area contributed by atoms with E-state index in [2.05, 4.69) is 9.97 Å². The minimum atomic E-state index is -3.74. The van der Waals surface area contributed by atoms with E-state index in [1.54, 1.807) is 12.3 Å². The van der Waals surface area contributed by atoms with Crippen LogP contribution >= 0.6 is 0 Å². The maximum atomic E-state index is 13.1. The topological polar surface area (TPSA) is 63.2 Å². The van der Waals surface area contributed by atoms with E-state index in [1.165, 1.54) is 16.4 Å². The minimum Gasteiger partial charge on any atom is -0.239 e. The average Bonchev–Trinajstić information content (AvgIpc) is 2.92. The smallest absolute Gasteiger partial charge is 0.239 e. The Morgan fingerprint density at radius 3 is 2.57 bits per heavy atom. The molecule has 1 aliphatic rings. The maximum absolute atomic E-state index is 13.1. The zero-order chi connectivity index (χ0) is 16.7. The van der Waals surface area contributed by atoms with Crippen molar-refractivity contribution in [3.63, 3.8) is 0 Å². The summed E-state index contributed by atoms with van der Waals surface area (Å²) in [6.07, 6.45) is 3.02. The Morgan fingerprint density at radius 1 is 1.22 bits per heavy atom. The van der Waals surface area contributed by atoms with Gasteiger partial charge in [-0.2, -0.15) is 4.31 Å². The third-order valence-corrected chi connectivity index (χ3v) is 6.29. The van der Waals surface area contributed by atoms with Crippen molar-refractivity contribution in [3.8, 4) is 0 Å². The molecule has 3 rings (SSSR count). The summed E-state index contributed by atoms with van der Waals surface area (Å²) in [5.41, 5.74) is 0.00133. The number of rotatable bonds is 3. The largest absolute Gasteiger partial charge is 0.243 e. The van der Waals surface area contributed by atoms with Gasteiger partial charge >= 0.3 is 0 Å². The first-order valence-corrected chi connectivity index (χ1v) is 8.86. The van der Waals surface area contributed by atoms with E-state index in [0.29, 0.717) is 18.8 Å². The molecule has 122 valence electrons. The molecule has 23 heavy (non-hydrogen) atoms.